The summed E-state index contributed by atoms with van der Waals surface area (Å²) in [6.45, 7) is 6.06. The van der Waals surface area contributed by atoms with Crippen molar-refractivity contribution in [3.05, 3.63) is 40.2 Å². The molecule has 9 heteroatoms. The van der Waals surface area contributed by atoms with Gasteiger partial charge >= 0.3 is 0 Å². The number of aromatic hydroxyl groups is 1. The highest BCUT2D eigenvalue weighted by Crippen LogP contribution is 2.34. The monoisotopic (exact) mass is 482 g/mol. The molecule has 0 radical (unpaired) electrons. The van der Waals surface area contributed by atoms with Crippen LogP contribution in [0.5, 0.6) is 5.75 Å². The molecule has 1 aliphatic carbocycles. The Balaban J connectivity index is 1.62. The Morgan fingerprint density at radius 3 is 2.69 bits per heavy atom. The van der Waals surface area contributed by atoms with E-state index in [-0.39, 0.29) is 23.6 Å². The Morgan fingerprint density at radius 2 is 1.94 bits per heavy atom. The summed E-state index contributed by atoms with van der Waals surface area (Å²) in [7, 11) is 0. The first kappa shape index (κ1) is 24.9. The highest BCUT2D eigenvalue weighted by atomic mass is 16.3. The molecule has 0 bridgehead atoms. The van der Waals surface area contributed by atoms with E-state index in [0.29, 0.717) is 23.4 Å². The van der Waals surface area contributed by atoms with Crippen molar-refractivity contribution in [1.29, 1.82) is 0 Å². The van der Waals surface area contributed by atoms with Crippen molar-refractivity contribution in [3.8, 4) is 5.75 Å². The fourth-order valence-electron chi connectivity index (χ4n) is 5.33. The molecule has 1 saturated carbocycles. The number of nitrogens with one attached hydrogen (secondary N) is 2. The summed E-state index contributed by atoms with van der Waals surface area (Å²) in [6, 6.07) is 6.86. The van der Waals surface area contributed by atoms with Gasteiger partial charge in [-0.25, -0.2) is 5.43 Å². The number of aromatic nitrogens is 1. The van der Waals surface area contributed by atoms with E-state index in [1.165, 1.54) is 4.57 Å². The van der Waals surface area contributed by atoms with Gasteiger partial charge in [0, 0.05) is 23.9 Å². The number of carbonyl (C=O) groups is 2. The predicted molar refractivity (Wildman–Crippen MR) is 133 cm³/mol. The van der Waals surface area contributed by atoms with Crippen LogP contribution in [0.3, 0.4) is 0 Å². The Bertz CT molecular complexity index is 1220. The molecule has 1 aromatic heterocycles. The Morgan fingerprint density at radius 1 is 1.23 bits per heavy atom. The van der Waals surface area contributed by atoms with Gasteiger partial charge in [-0.3, -0.25) is 14.4 Å². The minimum atomic E-state index is -0.892. The van der Waals surface area contributed by atoms with Crippen molar-refractivity contribution in [2.24, 2.45) is 22.9 Å². The molecule has 2 aromatic rings. The molecule has 1 aromatic carbocycles. The van der Waals surface area contributed by atoms with Gasteiger partial charge in [0.15, 0.2) is 0 Å². The van der Waals surface area contributed by atoms with Crippen LogP contribution in [-0.2, 0) is 11.3 Å². The highest BCUT2D eigenvalue weighted by molar-refractivity contribution is 6.06. The van der Waals surface area contributed by atoms with E-state index in [2.05, 4.69) is 15.8 Å². The minimum Gasteiger partial charge on any atom is -0.506 e. The number of aliphatic hydroxyl groups is 1. The van der Waals surface area contributed by atoms with Gasteiger partial charge in [0.2, 0.25) is 5.91 Å². The summed E-state index contributed by atoms with van der Waals surface area (Å²) in [6.07, 6.45) is 3.52. The van der Waals surface area contributed by atoms with Crippen LogP contribution < -0.4 is 16.3 Å². The zero-order valence-corrected chi connectivity index (χ0v) is 20.5. The lowest BCUT2D eigenvalue weighted by atomic mass is 9.72. The molecule has 188 valence electrons. The number of aryl methyl sites for hydroxylation is 1. The Hall–Kier alpha value is -3.20. The molecular formula is C26H34N4O5. The second kappa shape index (κ2) is 10.2. The van der Waals surface area contributed by atoms with Crippen molar-refractivity contribution in [2.75, 3.05) is 0 Å². The molecule has 9 nitrogen and oxygen atoms in total. The number of benzene rings is 1. The van der Waals surface area contributed by atoms with Gasteiger partial charge in [0.25, 0.3) is 11.5 Å². The van der Waals surface area contributed by atoms with E-state index in [1.807, 2.05) is 13.8 Å². The zero-order valence-electron chi connectivity index (χ0n) is 20.5. The average Bonchev–Trinajstić information content (AvgIpc) is 2.82. The van der Waals surface area contributed by atoms with Crippen molar-refractivity contribution in [1.82, 2.24) is 15.3 Å². The lowest BCUT2D eigenvalue weighted by Gasteiger charge is -2.42. The van der Waals surface area contributed by atoms with Gasteiger partial charge in [-0.1, -0.05) is 38.8 Å². The van der Waals surface area contributed by atoms with Crippen molar-refractivity contribution in [2.45, 2.75) is 71.6 Å². The van der Waals surface area contributed by atoms with Crippen LogP contribution in [0.25, 0.3) is 10.9 Å². The van der Waals surface area contributed by atoms with Gasteiger partial charge in [0.1, 0.15) is 17.2 Å². The number of carbonyl (C=O) groups excluding carboxylic acids is 2. The van der Waals surface area contributed by atoms with Crippen LogP contribution in [0.2, 0.25) is 0 Å². The maximum atomic E-state index is 13.3. The summed E-state index contributed by atoms with van der Waals surface area (Å²) in [5, 5.41) is 29.1. The number of aliphatic hydroxyl groups excluding tert-OH is 1. The van der Waals surface area contributed by atoms with Crippen molar-refractivity contribution >= 4 is 28.4 Å². The number of nitrogens with zero attached hydrogens (tertiary/aromatic N) is 2. The number of pyridine rings is 1. The van der Waals surface area contributed by atoms with E-state index in [1.54, 1.807) is 31.2 Å². The largest absolute Gasteiger partial charge is 0.506 e. The third-order valence-electron chi connectivity index (χ3n) is 7.30. The number of hydrogen-bond donors (Lipinski definition) is 4. The van der Waals surface area contributed by atoms with Crippen molar-refractivity contribution < 1.29 is 19.8 Å². The molecule has 4 N–H and O–H groups in total. The number of fused-ring (bicyclic) bond motifs is 2. The fourth-order valence-corrected chi connectivity index (χ4v) is 5.33. The van der Waals surface area contributed by atoms with Gasteiger partial charge in [-0.2, -0.15) is 5.10 Å². The van der Waals surface area contributed by atoms with E-state index in [0.717, 1.165) is 32.1 Å². The molecule has 2 fully saturated rings. The second-order valence-corrected chi connectivity index (χ2v) is 10.1. The standard InChI is InChI=1S/C26H34N4O5/c1-14(2)12-13-30-19-11-7-5-9-17(19)23(32)21(26(30)35)25(34)29-28-15(3)20-22(31)16-8-4-6-10-18(16)27-24(20)33/h5,7,9,11,14,16,18,20,22,31-32H,4,6,8,10,12-13H2,1-3H3,(H,27,33)(H,29,34)/b28-15-. The van der Waals surface area contributed by atoms with Crippen molar-refractivity contribution in [3.63, 3.8) is 0 Å². The topological polar surface area (TPSA) is 133 Å². The molecule has 0 spiro atoms. The number of piperidine rings is 1. The van der Waals surface area contributed by atoms with E-state index in [9.17, 15) is 24.6 Å². The molecular weight excluding hydrogens is 448 g/mol. The first-order valence-electron chi connectivity index (χ1n) is 12.4. The number of rotatable bonds is 6. The summed E-state index contributed by atoms with van der Waals surface area (Å²) in [4.78, 5) is 39.0. The maximum Gasteiger partial charge on any atom is 0.280 e. The van der Waals surface area contributed by atoms with Crippen LogP contribution in [-0.4, -0.2) is 44.5 Å². The van der Waals surface area contributed by atoms with Gasteiger partial charge < -0.3 is 20.1 Å². The highest BCUT2D eigenvalue weighted by Gasteiger charge is 2.45. The second-order valence-electron chi connectivity index (χ2n) is 10.1. The van der Waals surface area contributed by atoms with E-state index in [4.69, 9.17) is 0 Å². The lowest BCUT2D eigenvalue weighted by Crippen LogP contribution is -2.59. The van der Waals surface area contributed by atoms with Gasteiger partial charge in [-0.15, -0.1) is 0 Å². The van der Waals surface area contributed by atoms with Gasteiger partial charge in [0.05, 0.1) is 17.3 Å². The van der Waals surface area contributed by atoms with Crippen LogP contribution in [0, 0.1) is 17.8 Å². The molecule has 2 amide bonds. The average molecular weight is 483 g/mol. The normalized spacial score (nSPS) is 24.8. The third-order valence-corrected chi connectivity index (χ3v) is 7.30. The summed E-state index contributed by atoms with van der Waals surface area (Å²) in [5.74, 6) is -2.18. The quantitative estimate of drug-likeness (QED) is 0.371. The van der Waals surface area contributed by atoms with Gasteiger partial charge in [-0.05, 0) is 44.2 Å². The number of hydrazone groups is 1. The number of para-hydroxylation sites is 1. The van der Waals surface area contributed by atoms with E-state index < -0.39 is 34.8 Å². The first-order valence-corrected chi connectivity index (χ1v) is 12.4. The maximum absolute atomic E-state index is 13.3. The van der Waals surface area contributed by atoms with Crippen LogP contribution in [0.4, 0.5) is 0 Å². The Kier molecular flexibility index (Phi) is 7.25. The number of amides is 2. The third kappa shape index (κ3) is 4.82. The van der Waals surface area contributed by atoms with Crippen LogP contribution >= 0.6 is 0 Å². The molecule has 35 heavy (non-hydrogen) atoms. The fraction of sp³-hybridized carbons (Fsp3) is 0.538. The summed E-state index contributed by atoms with van der Waals surface area (Å²) in [5.41, 5.74) is 2.13. The summed E-state index contributed by atoms with van der Waals surface area (Å²) < 4.78 is 1.50. The van der Waals surface area contributed by atoms with Crippen LogP contribution in [0.15, 0.2) is 34.2 Å². The SMILES string of the molecule is C/C(=N/NC(=O)c1c(O)c2ccccc2n(CCC(C)C)c1=O)C1C(=O)NC2CCCCC2C1O. The molecule has 1 aliphatic heterocycles. The van der Waals surface area contributed by atoms with E-state index >= 15 is 0 Å². The molecule has 4 atom stereocenters. The zero-order chi connectivity index (χ0) is 25.3. The lowest BCUT2D eigenvalue weighted by molar-refractivity contribution is -0.134. The minimum absolute atomic E-state index is 0.0382. The molecule has 4 unspecified atom stereocenters. The van der Waals surface area contributed by atoms with Crippen LogP contribution in [0.1, 0.15) is 63.2 Å². The molecule has 2 aliphatic rings. The number of hydrogen-bond acceptors (Lipinski definition) is 6. The molecule has 2 heterocycles. The first-order chi connectivity index (χ1) is 16.7. The predicted octanol–water partition coefficient (Wildman–Crippen LogP) is 2.52. The summed E-state index contributed by atoms with van der Waals surface area (Å²) >= 11 is 0. The smallest absolute Gasteiger partial charge is 0.280 e. The Labute approximate surface area is 204 Å². The molecule has 4 rings (SSSR count). The molecule has 1 saturated heterocycles.